The second-order valence-corrected chi connectivity index (χ2v) is 7.35. The lowest BCUT2D eigenvalue weighted by atomic mass is 10.1. The molecule has 0 aromatic carbocycles. The molecule has 0 saturated heterocycles. The Morgan fingerprint density at radius 2 is 1.93 bits per heavy atom. The van der Waals surface area contributed by atoms with Gasteiger partial charge >= 0.3 is 12.1 Å². The number of halogens is 3. The highest BCUT2D eigenvalue weighted by atomic mass is 32.2. The van der Waals surface area contributed by atoms with Gasteiger partial charge in [-0.1, -0.05) is 0 Å². The van der Waals surface area contributed by atoms with E-state index in [1.807, 2.05) is 0 Å². The largest absolute Gasteiger partial charge is 0.465 e. The standard InChI is InChI=1S/C15H17F3N4O4S/c1-4-22-7-10(9(3)21-22)11-6-12(15(16,17)18)20-14(19-11)27(24,25)8-13(23)26-5-2/h6-7H,4-5,8H2,1-3H3. The molecule has 2 aromatic rings. The van der Waals surface area contributed by atoms with Crippen LogP contribution in [-0.4, -0.2) is 46.5 Å². The number of ether oxygens (including phenoxy) is 1. The normalized spacial score (nSPS) is 12.2. The van der Waals surface area contributed by atoms with E-state index in [0.29, 0.717) is 18.3 Å². The maximum absolute atomic E-state index is 13.2. The fraction of sp³-hybridized carbons (Fsp3) is 0.467. The first-order valence-corrected chi connectivity index (χ1v) is 9.52. The molecule has 0 bridgehead atoms. The van der Waals surface area contributed by atoms with Gasteiger partial charge in [-0.2, -0.15) is 18.3 Å². The number of carbonyl (C=O) groups excluding carboxylic acids is 1. The molecule has 148 valence electrons. The van der Waals surface area contributed by atoms with Gasteiger partial charge in [0.1, 0.15) is 5.69 Å². The number of hydrogen-bond acceptors (Lipinski definition) is 7. The summed E-state index contributed by atoms with van der Waals surface area (Å²) < 4.78 is 70.3. The molecule has 2 aromatic heterocycles. The molecular weight excluding hydrogens is 389 g/mol. The number of aromatic nitrogens is 4. The van der Waals surface area contributed by atoms with Crippen molar-refractivity contribution in [1.29, 1.82) is 0 Å². The second-order valence-electron chi connectivity index (χ2n) is 5.47. The van der Waals surface area contributed by atoms with Crippen LogP contribution in [0.3, 0.4) is 0 Å². The van der Waals surface area contributed by atoms with Gasteiger partial charge in [-0.15, -0.1) is 0 Å². The van der Waals surface area contributed by atoms with Gasteiger partial charge in [0.15, 0.2) is 5.75 Å². The molecule has 0 amide bonds. The average Bonchev–Trinajstić information content (AvgIpc) is 2.94. The summed E-state index contributed by atoms with van der Waals surface area (Å²) in [7, 11) is -4.53. The monoisotopic (exact) mass is 406 g/mol. The van der Waals surface area contributed by atoms with E-state index in [1.54, 1.807) is 13.8 Å². The Morgan fingerprint density at radius 3 is 2.44 bits per heavy atom. The molecule has 0 fully saturated rings. The third-order valence-corrected chi connectivity index (χ3v) is 4.79. The molecule has 8 nitrogen and oxygen atoms in total. The minimum absolute atomic E-state index is 0.0710. The summed E-state index contributed by atoms with van der Waals surface area (Å²) in [4.78, 5) is 18.3. The second kappa shape index (κ2) is 7.62. The summed E-state index contributed by atoms with van der Waals surface area (Å²) in [6, 6.07) is 0.646. The van der Waals surface area contributed by atoms with E-state index in [1.165, 1.54) is 17.8 Å². The lowest BCUT2D eigenvalue weighted by Crippen LogP contribution is -2.22. The van der Waals surface area contributed by atoms with E-state index < -0.39 is 38.6 Å². The van der Waals surface area contributed by atoms with Gasteiger partial charge in [0.05, 0.1) is 18.0 Å². The maximum atomic E-state index is 13.2. The van der Waals surface area contributed by atoms with E-state index in [0.717, 1.165) is 0 Å². The molecule has 0 unspecified atom stereocenters. The summed E-state index contributed by atoms with van der Waals surface area (Å²) in [5.74, 6) is -2.26. The average molecular weight is 406 g/mol. The molecule has 0 aliphatic carbocycles. The van der Waals surface area contributed by atoms with E-state index in [2.05, 4.69) is 19.8 Å². The number of nitrogens with zero attached hydrogens (tertiary/aromatic N) is 4. The molecule has 0 spiro atoms. The summed E-state index contributed by atoms with van der Waals surface area (Å²) in [5, 5.41) is 3.02. The minimum Gasteiger partial charge on any atom is -0.465 e. The number of carbonyl (C=O) groups is 1. The Kier molecular flexibility index (Phi) is 5.88. The zero-order valence-electron chi connectivity index (χ0n) is 14.7. The molecule has 2 rings (SSSR count). The lowest BCUT2D eigenvalue weighted by Gasteiger charge is -2.10. The van der Waals surface area contributed by atoms with Crippen LogP contribution in [0.25, 0.3) is 11.3 Å². The van der Waals surface area contributed by atoms with Crippen LogP contribution in [0.1, 0.15) is 25.2 Å². The molecule has 0 atom stereocenters. The van der Waals surface area contributed by atoms with E-state index >= 15 is 0 Å². The van der Waals surface area contributed by atoms with Gasteiger partial charge in [0.25, 0.3) is 0 Å². The highest BCUT2D eigenvalue weighted by Crippen LogP contribution is 2.32. The molecule has 0 aliphatic heterocycles. The molecule has 2 heterocycles. The van der Waals surface area contributed by atoms with Crippen molar-refractivity contribution in [2.75, 3.05) is 12.4 Å². The van der Waals surface area contributed by atoms with Crippen molar-refractivity contribution in [3.63, 3.8) is 0 Å². The third-order valence-electron chi connectivity index (χ3n) is 3.43. The Morgan fingerprint density at radius 1 is 1.26 bits per heavy atom. The van der Waals surface area contributed by atoms with Gasteiger partial charge in [0.2, 0.25) is 15.0 Å². The van der Waals surface area contributed by atoms with Crippen molar-refractivity contribution >= 4 is 15.8 Å². The highest BCUT2D eigenvalue weighted by molar-refractivity contribution is 7.91. The van der Waals surface area contributed by atoms with Crippen LogP contribution in [0.5, 0.6) is 0 Å². The van der Waals surface area contributed by atoms with Crippen LogP contribution in [0.4, 0.5) is 13.2 Å². The minimum atomic E-state index is -4.90. The summed E-state index contributed by atoms with van der Waals surface area (Å²) in [6.07, 6.45) is -3.44. The predicted molar refractivity (Wildman–Crippen MR) is 87.4 cm³/mol. The van der Waals surface area contributed by atoms with Crippen LogP contribution in [0, 0.1) is 6.92 Å². The fourth-order valence-electron chi connectivity index (χ4n) is 2.20. The van der Waals surface area contributed by atoms with Crippen molar-refractivity contribution in [3.05, 3.63) is 23.7 Å². The Bertz CT molecular complexity index is 954. The Labute approximate surface area is 153 Å². The van der Waals surface area contributed by atoms with E-state index in [-0.39, 0.29) is 17.9 Å². The number of alkyl halides is 3. The summed E-state index contributed by atoms with van der Waals surface area (Å²) >= 11 is 0. The van der Waals surface area contributed by atoms with Crippen molar-refractivity contribution in [3.8, 4) is 11.3 Å². The van der Waals surface area contributed by atoms with Crippen LogP contribution in [0.15, 0.2) is 17.4 Å². The Hall–Kier alpha value is -2.50. The van der Waals surface area contributed by atoms with Gasteiger partial charge in [-0.3, -0.25) is 9.48 Å². The number of rotatable bonds is 6. The highest BCUT2D eigenvalue weighted by Gasteiger charge is 2.36. The smallest absolute Gasteiger partial charge is 0.433 e. The molecule has 27 heavy (non-hydrogen) atoms. The van der Waals surface area contributed by atoms with Gasteiger partial charge < -0.3 is 4.74 Å². The lowest BCUT2D eigenvalue weighted by molar-refractivity contribution is -0.141. The van der Waals surface area contributed by atoms with Crippen molar-refractivity contribution in [2.24, 2.45) is 0 Å². The van der Waals surface area contributed by atoms with Gasteiger partial charge in [-0.05, 0) is 26.8 Å². The number of hydrogen-bond donors (Lipinski definition) is 0. The van der Waals surface area contributed by atoms with Crippen LogP contribution >= 0.6 is 0 Å². The quantitative estimate of drug-likeness (QED) is 0.534. The molecule has 12 heteroatoms. The summed E-state index contributed by atoms with van der Waals surface area (Å²) in [6.45, 7) is 5.21. The molecular formula is C15H17F3N4O4S. The first-order chi connectivity index (χ1) is 12.5. The molecule has 0 aliphatic rings. The topological polar surface area (TPSA) is 104 Å². The van der Waals surface area contributed by atoms with Crippen molar-refractivity contribution in [2.45, 2.75) is 38.6 Å². The third kappa shape index (κ3) is 4.81. The Balaban J connectivity index is 2.61. The molecule has 0 radical (unpaired) electrons. The van der Waals surface area contributed by atoms with Crippen molar-refractivity contribution in [1.82, 2.24) is 19.7 Å². The SMILES string of the molecule is CCOC(=O)CS(=O)(=O)c1nc(-c2cn(CC)nc2C)cc(C(F)(F)F)n1. The van der Waals surface area contributed by atoms with Crippen LogP contribution in [0.2, 0.25) is 0 Å². The number of aryl methyl sites for hydroxylation is 2. The van der Waals surface area contributed by atoms with Gasteiger partial charge in [0, 0.05) is 18.3 Å². The fourth-order valence-corrected chi connectivity index (χ4v) is 3.20. The van der Waals surface area contributed by atoms with Crippen LogP contribution in [-0.2, 0) is 32.1 Å². The zero-order chi connectivity index (χ0) is 20.4. The van der Waals surface area contributed by atoms with E-state index in [9.17, 15) is 26.4 Å². The number of sulfone groups is 1. The maximum Gasteiger partial charge on any atom is 0.433 e. The first kappa shape index (κ1) is 20.8. The summed E-state index contributed by atoms with van der Waals surface area (Å²) in [5.41, 5.74) is -1.08. The van der Waals surface area contributed by atoms with Crippen molar-refractivity contribution < 1.29 is 31.1 Å². The predicted octanol–water partition coefficient (Wildman–Crippen LogP) is 2.02. The molecule has 0 saturated carbocycles. The zero-order valence-corrected chi connectivity index (χ0v) is 15.6. The number of esters is 1. The van der Waals surface area contributed by atoms with Gasteiger partial charge in [-0.25, -0.2) is 18.4 Å². The van der Waals surface area contributed by atoms with E-state index in [4.69, 9.17) is 0 Å². The molecule has 0 N–H and O–H groups in total. The first-order valence-electron chi connectivity index (χ1n) is 7.87. The van der Waals surface area contributed by atoms with Crippen LogP contribution < -0.4 is 0 Å².